The Morgan fingerprint density at radius 2 is 2.00 bits per heavy atom. The van der Waals surface area contributed by atoms with Crippen LogP contribution in [0.15, 0.2) is 0 Å². The third-order valence-electron chi connectivity index (χ3n) is 3.62. The van der Waals surface area contributed by atoms with E-state index in [1.807, 2.05) is 4.68 Å². The number of rotatable bonds is 7. The molecule has 0 amide bonds. The van der Waals surface area contributed by atoms with E-state index in [0.717, 1.165) is 57.0 Å². The molecule has 2 rings (SSSR count). The van der Waals surface area contributed by atoms with Crippen LogP contribution in [0.2, 0.25) is 0 Å². The van der Waals surface area contributed by atoms with Gasteiger partial charge in [0.25, 0.3) is 0 Å². The van der Waals surface area contributed by atoms with Gasteiger partial charge >= 0.3 is 0 Å². The summed E-state index contributed by atoms with van der Waals surface area (Å²) in [5.74, 6) is 2.02. The van der Waals surface area contributed by atoms with Gasteiger partial charge in [-0.3, -0.25) is 0 Å². The summed E-state index contributed by atoms with van der Waals surface area (Å²) in [6, 6.07) is 0. The molecular weight excluding hydrogens is 240 g/mol. The van der Waals surface area contributed by atoms with Crippen molar-refractivity contribution in [2.45, 2.75) is 65.2 Å². The first-order valence-corrected chi connectivity index (χ1v) is 7.55. The van der Waals surface area contributed by atoms with Crippen molar-refractivity contribution in [2.75, 3.05) is 13.1 Å². The van der Waals surface area contributed by atoms with Crippen molar-refractivity contribution < 1.29 is 4.74 Å². The molecule has 1 aromatic rings. The summed E-state index contributed by atoms with van der Waals surface area (Å²) in [7, 11) is 0. The maximum atomic E-state index is 6.06. The van der Waals surface area contributed by atoms with E-state index >= 15 is 0 Å². The van der Waals surface area contributed by atoms with E-state index in [0.29, 0.717) is 12.2 Å². The Morgan fingerprint density at radius 3 is 2.68 bits per heavy atom. The summed E-state index contributed by atoms with van der Waals surface area (Å²) in [4.78, 5) is 4.54. The average molecular weight is 266 g/mol. The zero-order valence-corrected chi connectivity index (χ0v) is 12.4. The lowest BCUT2D eigenvalue weighted by molar-refractivity contribution is 0.0339. The molecule has 0 bridgehead atoms. The number of aryl methyl sites for hydroxylation is 2. The first-order chi connectivity index (χ1) is 9.26. The van der Waals surface area contributed by atoms with Gasteiger partial charge in [-0.1, -0.05) is 20.8 Å². The minimum Gasteiger partial charge on any atom is -0.372 e. The molecule has 19 heavy (non-hydrogen) atoms. The fourth-order valence-electron chi connectivity index (χ4n) is 2.55. The van der Waals surface area contributed by atoms with Gasteiger partial charge in [-0.2, -0.15) is 5.10 Å². The zero-order valence-electron chi connectivity index (χ0n) is 12.4. The Hall–Kier alpha value is -0.940. The van der Waals surface area contributed by atoms with Gasteiger partial charge in [0.1, 0.15) is 5.82 Å². The Kier molecular flexibility index (Phi) is 5.34. The Morgan fingerprint density at radius 1 is 1.21 bits per heavy atom. The molecule has 5 heteroatoms. The fourth-order valence-corrected chi connectivity index (χ4v) is 2.55. The zero-order chi connectivity index (χ0) is 13.7. The van der Waals surface area contributed by atoms with Crippen LogP contribution in [-0.4, -0.2) is 40.1 Å². The molecule has 108 valence electrons. The molecule has 0 aliphatic carbocycles. The molecule has 1 saturated heterocycles. The minimum atomic E-state index is 0.292. The summed E-state index contributed by atoms with van der Waals surface area (Å²) in [6.45, 7) is 9.17. The average Bonchev–Trinajstić information content (AvgIpc) is 3.03. The SMILES string of the molecule is CCNCC1CCC(Cn2nc(CC)nc2CC)O1. The summed E-state index contributed by atoms with van der Waals surface area (Å²) >= 11 is 0. The van der Waals surface area contributed by atoms with E-state index < -0.39 is 0 Å². The van der Waals surface area contributed by atoms with Crippen LogP contribution >= 0.6 is 0 Å². The minimum absolute atomic E-state index is 0.292. The van der Waals surface area contributed by atoms with E-state index in [1.54, 1.807) is 0 Å². The number of likely N-dealkylation sites (N-methyl/N-ethyl adjacent to an activating group) is 1. The standard InChI is InChI=1S/C14H26N4O/c1-4-13-16-14(5-2)18(17-13)10-12-8-7-11(19-12)9-15-6-3/h11-12,15H,4-10H2,1-3H3. The van der Waals surface area contributed by atoms with Crippen LogP contribution in [0.1, 0.15) is 45.3 Å². The molecule has 2 atom stereocenters. The lowest BCUT2D eigenvalue weighted by Crippen LogP contribution is -2.28. The van der Waals surface area contributed by atoms with Crippen molar-refractivity contribution >= 4 is 0 Å². The fraction of sp³-hybridized carbons (Fsp3) is 0.857. The highest BCUT2D eigenvalue weighted by Crippen LogP contribution is 2.21. The van der Waals surface area contributed by atoms with E-state index in [4.69, 9.17) is 4.74 Å². The van der Waals surface area contributed by atoms with Crippen LogP contribution in [0.4, 0.5) is 0 Å². The van der Waals surface area contributed by atoms with Crippen molar-refractivity contribution in [3.63, 3.8) is 0 Å². The van der Waals surface area contributed by atoms with Crippen molar-refractivity contribution in [1.29, 1.82) is 0 Å². The largest absolute Gasteiger partial charge is 0.372 e. The summed E-state index contributed by atoms with van der Waals surface area (Å²) in [5.41, 5.74) is 0. The summed E-state index contributed by atoms with van der Waals surface area (Å²) in [6.07, 6.45) is 4.76. The second kappa shape index (κ2) is 7.01. The van der Waals surface area contributed by atoms with Crippen molar-refractivity contribution in [2.24, 2.45) is 0 Å². The second-order valence-electron chi connectivity index (χ2n) is 5.10. The van der Waals surface area contributed by atoms with Gasteiger partial charge in [0.15, 0.2) is 5.82 Å². The van der Waals surface area contributed by atoms with Crippen LogP contribution in [0, 0.1) is 0 Å². The number of nitrogens with one attached hydrogen (secondary N) is 1. The third-order valence-corrected chi connectivity index (χ3v) is 3.62. The monoisotopic (exact) mass is 266 g/mol. The number of nitrogens with zero attached hydrogens (tertiary/aromatic N) is 3. The smallest absolute Gasteiger partial charge is 0.150 e. The van der Waals surface area contributed by atoms with Crippen LogP contribution in [0.3, 0.4) is 0 Å². The Labute approximate surface area is 115 Å². The van der Waals surface area contributed by atoms with Gasteiger partial charge < -0.3 is 10.1 Å². The first-order valence-electron chi connectivity index (χ1n) is 7.55. The quantitative estimate of drug-likeness (QED) is 0.814. The van der Waals surface area contributed by atoms with E-state index in [-0.39, 0.29) is 0 Å². The first kappa shape index (κ1) is 14.5. The highest BCUT2D eigenvalue weighted by molar-refractivity contribution is 4.93. The van der Waals surface area contributed by atoms with Gasteiger partial charge in [-0.25, -0.2) is 9.67 Å². The summed E-state index contributed by atoms with van der Waals surface area (Å²) in [5, 5.41) is 7.91. The lowest BCUT2D eigenvalue weighted by Gasteiger charge is -2.14. The number of aromatic nitrogens is 3. The number of hydrogen-bond donors (Lipinski definition) is 1. The highest BCUT2D eigenvalue weighted by atomic mass is 16.5. The van der Waals surface area contributed by atoms with Crippen LogP contribution < -0.4 is 5.32 Å². The maximum absolute atomic E-state index is 6.06. The molecule has 2 heterocycles. The second-order valence-corrected chi connectivity index (χ2v) is 5.10. The molecule has 1 aromatic heterocycles. The van der Waals surface area contributed by atoms with Crippen molar-refractivity contribution in [3.05, 3.63) is 11.6 Å². The number of hydrogen-bond acceptors (Lipinski definition) is 4. The van der Waals surface area contributed by atoms with Crippen molar-refractivity contribution in [3.8, 4) is 0 Å². The van der Waals surface area contributed by atoms with Gasteiger partial charge in [-0.15, -0.1) is 0 Å². The molecule has 0 saturated carbocycles. The molecule has 1 N–H and O–H groups in total. The predicted molar refractivity (Wildman–Crippen MR) is 75.2 cm³/mol. The molecule has 2 unspecified atom stereocenters. The van der Waals surface area contributed by atoms with E-state index in [2.05, 4.69) is 36.2 Å². The predicted octanol–water partition coefficient (Wildman–Crippen LogP) is 1.56. The Balaban J connectivity index is 1.89. The van der Waals surface area contributed by atoms with Gasteiger partial charge in [0, 0.05) is 19.4 Å². The normalized spacial score (nSPS) is 23.1. The Bertz CT molecular complexity index is 391. The molecular formula is C14H26N4O. The lowest BCUT2D eigenvalue weighted by atomic mass is 10.2. The van der Waals surface area contributed by atoms with Gasteiger partial charge in [-0.05, 0) is 19.4 Å². The van der Waals surface area contributed by atoms with Crippen molar-refractivity contribution in [1.82, 2.24) is 20.1 Å². The molecule has 0 spiro atoms. The molecule has 1 aliphatic heterocycles. The topological polar surface area (TPSA) is 52.0 Å². The third kappa shape index (κ3) is 3.76. The number of ether oxygens (including phenoxy) is 1. The highest BCUT2D eigenvalue weighted by Gasteiger charge is 2.26. The molecule has 0 radical (unpaired) electrons. The molecule has 0 aromatic carbocycles. The molecule has 5 nitrogen and oxygen atoms in total. The van der Waals surface area contributed by atoms with E-state index in [1.165, 1.54) is 0 Å². The van der Waals surface area contributed by atoms with Crippen LogP contribution in [0.5, 0.6) is 0 Å². The molecule has 1 aliphatic rings. The van der Waals surface area contributed by atoms with Gasteiger partial charge in [0.05, 0.1) is 18.8 Å². The van der Waals surface area contributed by atoms with Crippen LogP contribution in [-0.2, 0) is 24.1 Å². The van der Waals surface area contributed by atoms with Crippen LogP contribution in [0.25, 0.3) is 0 Å². The summed E-state index contributed by atoms with van der Waals surface area (Å²) < 4.78 is 8.10. The van der Waals surface area contributed by atoms with Gasteiger partial charge in [0.2, 0.25) is 0 Å². The molecule has 1 fully saturated rings. The maximum Gasteiger partial charge on any atom is 0.150 e. The van der Waals surface area contributed by atoms with E-state index in [9.17, 15) is 0 Å².